The van der Waals surface area contributed by atoms with Crippen LogP contribution in [-0.4, -0.2) is 67.8 Å². The minimum atomic E-state index is -4.76. The minimum absolute atomic E-state index is 0.138. The molecule has 2 aromatic carbocycles. The molecule has 1 aromatic heterocycles. The fourth-order valence-corrected chi connectivity index (χ4v) is 6.81. The summed E-state index contributed by atoms with van der Waals surface area (Å²) in [5, 5.41) is 11.0. The van der Waals surface area contributed by atoms with E-state index in [1.54, 1.807) is 0 Å². The van der Waals surface area contributed by atoms with E-state index in [-0.39, 0.29) is 21.2 Å². The van der Waals surface area contributed by atoms with Crippen LogP contribution in [0.1, 0.15) is 25.7 Å². The van der Waals surface area contributed by atoms with Crippen molar-refractivity contribution in [2.45, 2.75) is 43.0 Å². The van der Waals surface area contributed by atoms with Crippen LogP contribution in [0.5, 0.6) is 11.5 Å². The smallest absolute Gasteiger partial charge is 0.490 e. The second-order valence-corrected chi connectivity index (χ2v) is 12.2. The standard InChI is InChI=1S/C25H26F3N3O7S2/c26-25(27,28)38-19-3-1-17(2-4-19)37-18-7-11-30(12-8-18)24-29-21-6-5-20(15-22(21)39-24)40(34,35)31(33)23(32)16-9-13-36-14-10-16/h1-6,15-16,18,33H,7-14H2. The summed E-state index contributed by atoms with van der Waals surface area (Å²) in [6.45, 7) is 1.87. The molecule has 0 unspecified atom stereocenters. The van der Waals surface area contributed by atoms with E-state index < -0.39 is 28.2 Å². The second-order valence-electron chi connectivity index (χ2n) is 9.42. The molecule has 0 aliphatic carbocycles. The van der Waals surface area contributed by atoms with Gasteiger partial charge in [0, 0.05) is 45.1 Å². The number of benzene rings is 2. The largest absolute Gasteiger partial charge is 0.573 e. The highest BCUT2D eigenvalue weighted by Gasteiger charge is 2.35. The van der Waals surface area contributed by atoms with E-state index in [1.165, 1.54) is 53.8 Å². The normalized spacial score (nSPS) is 17.6. The Labute approximate surface area is 231 Å². The van der Waals surface area contributed by atoms with E-state index in [2.05, 4.69) is 9.72 Å². The predicted molar refractivity (Wildman–Crippen MR) is 138 cm³/mol. The number of rotatable bonds is 7. The van der Waals surface area contributed by atoms with Crippen LogP contribution in [0.15, 0.2) is 47.4 Å². The zero-order chi connectivity index (χ0) is 28.5. The number of hydroxylamine groups is 1. The number of nitrogens with zero attached hydrogens (tertiary/aromatic N) is 3. The average Bonchev–Trinajstić information content (AvgIpc) is 3.37. The first-order valence-electron chi connectivity index (χ1n) is 12.5. The summed E-state index contributed by atoms with van der Waals surface area (Å²) in [7, 11) is -4.46. The first-order valence-corrected chi connectivity index (χ1v) is 14.8. The number of piperidine rings is 1. The number of carbonyl (C=O) groups excluding carboxylic acids is 1. The molecule has 2 fully saturated rings. The van der Waals surface area contributed by atoms with E-state index >= 15 is 0 Å². The molecule has 0 saturated carbocycles. The van der Waals surface area contributed by atoms with Crippen molar-refractivity contribution in [1.29, 1.82) is 0 Å². The zero-order valence-electron chi connectivity index (χ0n) is 21.0. The molecule has 2 saturated heterocycles. The Morgan fingerprint density at radius 1 is 1.05 bits per heavy atom. The van der Waals surface area contributed by atoms with Gasteiger partial charge in [-0.05, 0) is 55.3 Å². The maximum absolute atomic E-state index is 13.0. The third kappa shape index (κ3) is 6.43. The van der Waals surface area contributed by atoms with Crippen LogP contribution in [0.3, 0.4) is 0 Å². The lowest BCUT2D eigenvalue weighted by molar-refractivity contribution is -0.274. The van der Waals surface area contributed by atoms with Crippen molar-refractivity contribution < 1.29 is 45.8 Å². The van der Waals surface area contributed by atoms with Crippen molar-refractivity contribution in [3.63, 3.8) is 0 Å². The van der Waals surface area contributed by atoms with Crippen LogP contribution in [0.4, 0.5) is 18.3 Å². The van der Waals surface area contributed by atoms with E-state index in [0.717, 1.165) is 0 Å². The van der Waals surface area contributed by atoms with Crippen LogP contribution in [0.2, 0.25) is 0 Å². The number of fused-ring (bicyclic) bond motifs is 1. The van der Waals surface area contributed by atoms with Gasteiger partial charge in [0.05, 0.1) is 15.1 Å². The molecule has 0 atom stereocenters. The lowest BCUT2D eigenvalue weighted by Gasteiger charge is -2.31. The molecular weight excluding hydrogens is 575 g/mol. The van der Waals surface area contributed by atoms with Gasteiger partial charge in [0.2, 0.25) is 0 Å². The van der Waals surface area contributed by atoms with Gasteiger partial charge in [0.15, 0.2) is 5.13 Å². The number of alkyl halides is 3. The maximum atomic E-state index is 13.0. The molecule has 216 valence electrons. The molecule has 15 heteroatoms. The molecule has 0 radical (unpaired) electrons. The lowest BCUT2D eigenvalue weighted by atomic mass is 10.00. The van der Waals surface area contributed by atoms with Gasteiger partial charge in [-0.15, -0.1) is 17.6 Å². The van der Waals surface area contributed by atoms with Gasteiger partial charge < -0.3 is 19.1 Å². The van der Waals surface area contributed by atoms with E-state index in [4.69, 9.17) is 9.47 Å². The van der Waals surface area contributed by atoms with Gasteiger partial charge in [-0.25, -0.2) is 4.98 Å². The molecule has 0 spiro atoms. The van der Waals surface area contributed by atoms with Crippen LogP contribution in [0.25, 0.3) is 10.2 Å². The first-order chi connectivity index (χ1) is 19.0. The third-order valence-corrected chi connectivity index (χ3v) is 9.27. The van der Waals surface area contributed by atoms with Gasteiger partial charge in [-0.2, -0.15) is 8.42 Å². The van der Waals surface area contributed by atoms with Gasteiger partial charge >= 0.3 is 6.36 Å². The van der Waals surface area contributed by atoms with Crippen LogP contribution in [-0.2, 0) is 19.6 Å². The number of carbonyl (C=O) groups is 1. The highest BCUT2D eigenvalue weighted by molar-refractivity contribution is 7.89. The number of aromatic nitrogens is 1. The Morgan fingerprint density at radius 2 is 1.70 bits per heavy atom. The number of ether oxygens (including phenoxy) is 3. The number of anilines is 1. The topological polar surface area (TPSA) is 118 Å². The van der Waals surface area contributed by atoms with Crippen LogP contribution in [0, 0.1) is 5.92 Å². The Kier molecular flexibility index (Phi) is 8.08. The number of sulfonamides is 1. The van der Waals surface area contributed by atoms with E-state index in [0.29, 0.717) is 73.1 Å². The molecule has 3 aromatic rings. The Morgan fingerprint density at radius 3 is 2.35 bits per heavy atom. The maximum Gasteiger partial charge on any atom is 0.573 e. The predicted octanol–water partition coefficient (Wildman–Crippen LogP) is 4.58. The summed E-state index contributed by atoms with van der Waals surface area (Å²) in [5.74, 6) is -1.37. The van der Waals surface area contributed by atoms with Crippen LogP contribution < -0.4 is 14.4 Å². The van der Waals surface area contributed by atoms with Gasteiger partial charge in [-0.1, -0.05) is 11.3 Å². The minimum Gasteiger partial charge on any atom is -0.490 e. The first kappa shape index (κ1) is 28.4. The van der Waals surface area contributed by atoms with Crippen molar-refractivity contribution in [1.82, 2.24) is 9.45 Å². The summed E-state index contributed by atoms with van der Waals surface area (Å²) < 4.78 is 78.3. The third-order valence-electron chi connectivity index (χ3n) is 6.71. The SMILES string of the molecule is O=C(C1CCOCC1)N(O)S(=O)(=O)c1ccc2nc(N3CCC(Oc4ccc(OC(F)(F)F)cc4)CC3)sc2c1. The Balaban J connectivity index is 1.20. The molecule has 1 amide bonds. The Hall–Kier alpha value is -3.14. The molecule has 0 bridgehead atoms. The number of hydrogen-bond donors (Lipinski definition) is 1. The summed E-state index contributed by atoms with van der Waals surface area (Å²) in [6, 6.07) is 9.50. The lowest BCUT2D eigenvalue weighted by Crippen LogP contribution is -2.40. The fraction of sp³-hybridized carbons (Fsp3) is 0.440. The number of amides is 1. The van der Waals surface area contributed by atoms with Crippen molar-refractivity contribution >= 4 is 42.6 Å². The molecular formula is C25H26F3N3O7S2. The molecule has 3 heterocycles. The molecule has 2 aliphatic heterocycles. The van der Waals surface area contributed by atoms with Crippen molar-refractivity contribution in [2.24, 2.45) is 5.92 Å². The van der Waals surface area contributed by atoms with E-state index in [1.807, 2.05) is 4.90 Å². The van der Waals surface area contributed by atoms with Gasteiger partial charge in [-0.3, -0.25) is 10.0 Å². The quantitative estimate of drug-likeness (QED) is 0.307. The van der Waals surface area contributed by atoms with E-state index in [9.17, 15) is 31.6 Å². The molecule has 5 rings (SSSR count). The van der Waals surface area contributed by atoms with Crippen molar-refractivity contribution in [3.05, 3.63) is 42.5 Å². The number of thiazole rings is 1. The average molecular weight is 602 g/mol. The fourth-order valence-electron chi connectivity index (χ4n) is 4.58. The highest BCUT2D eigenvalue weighted by atomic mass is 32.2. The summed E-state index contributed by atoms with van der Waals surface area (Å²) in [6.07, 6.45) is -2.93. The molecule has 1 N–H and O–H groups in total. The van der Waals surface area contributed by atoms with Gasteiger partial charge in [0.1, 0.15) is 17.6 Å². The molecule has 10 nitrogen and oxygen atoms in total. The monoisotopic (exact) mass is 601 g/mol. The number of halogens is 3. The summed E-state index contributed by atoms with van der Waals surface area (Å²) in [5.41, 5.74) is 0.582. The van der Waals surface area contributed by atoms with Crippen LogP contribution >= 0.6 is 11.3 Å². The zero-order valence-corrected chi connectivity index (χ0v) is 22.7. The summed E-state index contributed by atoms with van der Waals surface area (Å²) in [4.78, 5) is 19.0. The van der Waals surface area contributed by atoms with Crippen molar-refractivity contribution in [3.8, 4) is 11.5 Å². The second kappa shape index (κ2) is 11.4. The summed E-state index contributed by atoms with van der Waals surface area (Å²) >= 11 is 1.30. The Bertz CT molecular complexity index is 1450. The van der Waals surface area contributed by atoms with Crippen molar-refractivity contribution in [2.75, 3.05) is 31.2 Å². The van der Waals surface area contributed by atoms with Gasteiger partial charge in [0.25, 0.3) is 15.9 Å². The highest BCUT2D eigenvalue weighted by Crippen LogP contribution is 2.34. The molecule has 2 aliphatic rings. The number of hydrogen-bond acceptors (Lipinski definition) is 10. The molecule has 40 heavy (non-hydrogen) atoms.